The predicted molar refractivity (Wildman–Crippen MR) is 84.0 cm³/mol. The van der Waals surface area contributed by atoms with E-state index in [1.165, 1.54) is 6.07 Å². The van der Waals surface area contributed by atoms with Crippen LogP contribution in [-0.4, -0.2) is 40.0 Å². The molecule has 0 aromatic heterocycles. The summed E-state index contributed by atoms with van der Waals surface area (Å²) in [7, 11) is 0. The van der Waals surface area contributed by atoms with E-state index in [4.69, 9.17) is 0 Å². The van der Waals surface area contributed by atoms with Crippen LogP contribution in [0.2, 0.25) is 0 Å². The van der Waals surface area contributed by atoms with Crippen molar-refractivity contribution in [2.45, 2.75) is 38.5 Å². The van der Waals surface area contributed by atoms with Crippen LogP contribution in [0.25, 0.3) is 0 Å². The van der Waals surface area contributed by atoms with Crippen molar-refractivity contribution in [1.29, 1.82) is 0 Å². The molecule has 1 aromatic rings. The summed E-state index contributed by atoms with van der Waals surface area (Å²) in [4.78, 5) is 21.9. The van der Waals surface area contributed by atoms with Crippen LogP contribution in [0.1, 0.15) is 48.9 Å². The van der Waals surface area contributed by atoms with Crippen molar-refractivity contribution in [1.82, 2.24) is 5.32 Å². The van der Waals surface area contributed by atoms with E-state index >= 15 is 0 Å². The second-order valence-corrected chi connectivity index (χ2v) is 4.66. The fraction of sp³-hybridized carbons (Fsp3) is 0.467. The summed E-state index contributed by atoms with van der Waals surface area (Å²) < 4.78 is 0. The van der Waals surface area contributed by atoms with Gasteiger partial charge in [-0.3, -0.25) is 4.79 Å². The maximum Gasteiger partial charge on any atom is 1.00 e. The van der Waals surface area contributed by atoms with Crippen LogP contribution in [0, 0.1) is 0 Å². The van der Waals surface area contributed by atoms with Crippen LogP contribution < -0.4 is 40.0 Å². The van der Waals surface area contributed by atoms with Crippen molar-refractivity contribution in [2.75, 3.05) is 6.54 Å². The van der Waals surface area contributed by atoms with Gasteiger partial charge in [-0.15, -0.1) is 0 Å². The number of nitrogens with one attached hydrogen (secondary N) is 1. The third kappa shape index (κ3) is 13.3. The molecule has 0 unspecified atom stereocenters. The fourth-order valence-corrected chi connectivity index (χ4v) is 1.89. The molecule has 0 heterocycles. The molecule has 0 aliphatic carbocycles. The Morgan fingerprint density at radius 2 is 1.50 bits per heavy atom. The smallest absolute Gasteiger partial charge is 0.550 e. The largest absolute Gasteiger partial charge is 1.00 e. The Bertz CT molecular complexity index is 457. The molecule has 1 amide bonds. The number of phenols is 1. The first-order valence-electron chi connectivity index (χ1n) is 6.87. The molecule has 1 aromatic carbocycles. The summed E-state index contributed by atoms with van der Waals surface area (Å²) in [5.41, 5.74) is 0.279. The average molecular weight is 355 g/mol. The molecule has 0 saturated carbocycles. The number of aliphatic carboxylic acids is 1. The molecule has 0 bridgehead atoms. The number of para-hydroxylation sites is 1. The van der Waals surface area contributed by atoms with Crippen molar-refractivity contribution in [2.24, 2.45) is 0 Å². The van der Waals surface area contributed by atoms with Gasteiger partial charge in [-0.05, 0) is 31.4 Å². The molecule has 0 radical (unpaired) electrons. The topological polar surface area (TPSA) is 184 Å². The Hall–Kier alpha value is -1.16. The number of phenolic OH excluding ortho intramolecular Hbond substituents is 1. The number of hydrogen-bond acceptors (Lipinski definition) is 4. The maximum absolute atomic E-state index is 11.7. The van der Waals surface area contributed by atoms with Crippen molar-refractivity contribution in [3.8, 4) is 5.75 Å². The number of aromatic hydroxyl groups is 1. The minimum absolute atomic E-state index is 0. The van der Waals surface area contributed by atoms with Gasteiger partial charge in [0.1, 0.15) is 5.75 Å². The number of carbonyl (C=O) groups is 2. The predicted octanol–water partition coefficient (Wildman–Crippen LogP) is -4.26. The summed E-state index contributed by atoms with van der Waals surface area (Å²) in [5, 5.41) is 22.5. The number of carbonyl (C=O) groups excluding carboxylic acids is 2. The summed E-state index contributed by atoms with van der Waals surface area (Å²) in [6.45, 7) is 0.549. The third-order valence-corrected chi connectivity index (χ3v) is 2.99. The monoisotopic (exact) mass is 355 g/mol. The van der Waals surface area contributed by atoms with Gasteiger partial charge in [0.25, 0.3) is 5.91 Å². The van der Waals surface area contributed by atoms with E-state index in [9.17, 15) is 19.8 Å². The van der Waals surface area contributed by atoms with E-state index in [0.29, 0.717) is 13.0 Å². The Labute approximate surface area is 163 Å². The maximum atomic E-state index is 11.7. The number of unbranched alkanes of at least 4 members (excludes halogenated alkanes) is 4. The van der Waals surface area contributed by atoms with E-state index < -0.39 is 5.97 Å². The number of amides is 1. The Balaban J connectivity index is -0.000000500. The van der Waals surface area contributed by atoms with Crippen LogP contribution in [-0.2, 0) is 4.79 Å². The second-order valence-electron chi connectivity index (χ2n) is 4.66. The first kappa shape index (κ1) is 30.7. The summed E-state index contributed by atoms with van der Waals surface area (Å²) >= 11 is 0. The van der Waals surface area contributed by atoms with Gasteiger partial charge in [0.05, 0.1) is 5.56 Å². The van der Waals surface area contributed by atoms with Gasteiger partial charge >= 0.3 is 29.6 Å². The summed E-state index contributed by atoms with van der Waals surface area (Å²) in [5.74, 6) is -1.30. The van der Waals surface area contributed by atoms with Crippen LogP contribution in [0.3, 0.4) is 0 Å². The van der Waals surface area contributed by atoms with Crippen LogP contribution >= 0.6 is 0 Å². The van der Waals surface area contributed by atoms with Crippen molar-refractivity contribution in [3.63, 3.8) is 0 Å². The Kier molecular flexibility index (Phi) is 23.3. The molecular formula is C15H26NNaO7. The number of carboxylic acid groups (broad SMARTS) is 1. The zero-order valence-electron chi connectivity index (χ0n) is 13.9. The van der Waals surface area contributed by atoms with Gasteiger partial charge < -0.3 is 36.8 Å². The normalized spacial score (nSPS) is 8.50. The molecule has 8 N–H and O–H groups in total. The Morgan fingerprint density at radius 3 is 2.08 bits per heavy atom. The molecule has 0 aliphatic rings. The van der Waals surface area contributed by atoms with Crippen molar-refractivity contribution < 1.29 is 65.8 Å². The minimum atomic E-state index is -1.00. The first-order valence-corrected chi connectivity index (χ1v) is 6.87. The van der Waals surface area contributed by atoms with E-state index in [-0.39, 0.29) is 69.6 Å². The molecule has 0 fully saturated rings. The second kappa shape index (κ2) is 18.2. The molecule has 134 valence electrons. The average Bonchev–Trinajstić information content (AvgIpc) is 2.41. The van der Waals surface area contributed by atoms with E-state index in [1.54, 1.807) is 18.2 Å². The zero-order chi connectivity index (χ0) is 14.8. The Morgan fingerprint density at radius 1 is 0.958 bits per heavy atom. The van der Waals surface area contributed by atoms with Gasteiger partial charge in [0.2, 0.25) is 0 Å². The van der Waals surface area contributed by atoms with Crippen LogP contribution in [0.4, 0.5) is 0 Å². The van der Waals surface area contributed by atoms with Gasteiger partial charge in [-0.1, -0.05) is 31.4 Å². The summed E-state index contributed by atoms with van der Waals surface area (Å²) in [6.07, 6.45) is 4.34. The van der Waals surface area contributed by atoms with Gasteiger partial charge in [0.15, 0.2) is 0 Å². The van der Waals surface area contributed by atoms with Crippen molar-refractivity contribution >= 4 is 11.9 Å². The number of hydrogen-bond donors (Lipinski definition) is 2. The SMILES string of the molecule is O.O.O.O=C([O-])CCCCCCCNC(=O)c1ccccc1O.[Na+]. The molecular weight excluding hydrogens is 329 g/mol. The van der Waals surface area contributed by atoms with Crippen LogP contribution in [0.5, 0.6) is 5.75 Å². The standard InChI is InChI=1S/C15H21NO4.Na.3H2O/c17-13-9-6-5-8-12(13)15(20)16-11-7-3-1-2-4-10-14(18)19;;;;/h5-6,8-9,17H,1-4,7,10-11H2,(H,16,20)(H,18,19);;3*1H2/q;+1;;;/p-1. The van der Waals surface area contributed by atoms with Crippen molar-refractivity contribution in [3.05, 3.63) is 29.8 Å². The fourth-order valence-electron chi connectivity index (χ4n) is 1.89. The van der Waals surface area contributed by atoms with Gasteiger partial charge in [-0.25, -0.2) is 0 Å². The molecule has 0 atom stereocenters. The molecule has 0 saturated heterocycles. The van der Waals surface area contributed by atoms with E-state index in [0.717, 1.165) is 25.7 Å². The third-order valence-electron chi connectivity index (χ3n) is 2.99. The molecule has 0 spiro atoms. The molecule has 0 aliphatic heterocycles. The quantitative estimate of drug-likeness (QED) is 0.336. The zero-order valence-corrected chi connectivity index (χ0v) is 15.9. The summed E-state index contributed by atoms with van der Waals surface area (Å²) in [6, 6.07) is 6.42. The van der Waals surface area contributed by atoms with Gasteiger partial charge in [0, 0.05) is 12.5 Å². The molecule has 1 rings (SSSR count). The molecule has 24 heavy (non-hydrogen) atoms. The number of rotatable bonds is 9. The first-order chi connectivity index (χ1) is 9.61. The molecule has 8 nitrogen and oxygen atoms in total. The number of carboxylic acids is 1. The molecule has 9 heteroatoms. The number of benzene rings is 1. The van der Waals surface area contributed by atoms with Crippen LogP contribution in [0.15, 0.2) is 24.3 Å². The van der Waals surface area contributed by atoms with Gasteiger partial charge in [-0.2, -0.15) is 0 Å². The minimum Gasteiger partial charge on any atom is -0.550 e. The van der Waals surface area contributed by atoms with E-state index in [1.807, 2.05) is 0 Å². The van der Waals surface area contributed by atoms with E-state index in [2.05, 4.69) is 5.32 Å².